The molecule has 0 aliphatic carbocycles. The number of nitrogens with zero attached hydrogens (tertiary/aromatic N) is 1. The molecule has 1 N–H and O–H groups in total. The van der Waals surface area contributed by atoms with Crippen molar-refractivity contribution in [3.8, 4) is 17.2 Å². The molecule has 3 rings (SSSR count). The second-order valence-electron chi connectivity index (χ2n) is 11.2. The van der Waals surface area contributed by atoms with Gasteiger partial charge in [-0.15, -0.1) is 0 Å². The maximum atomic E-state index is 15.5. The van der Waals surface area contributed by atoms with Crippen LogP contribution in [0.15, 0.2) is 18.2 Å². The topological polar surface area (TPSA) is 81.1 Å². The third-order valence-corrected chi connectivity index (χ3v) is 7.13. The van der Waals surface area contributed by atoms with Crippen LogP contribution in [0.2, 0.25) is 0 Å². The van der Waals surface area contributed by atoms with E-state index in [1.165, 1.54) is 0 Å². The molecule has 0 saturated carbocycles. The van der Waals surface area contributed by atoms with Crippen molar-refractivity contribution in [2.24, 2.45) is 0 Å². The lowest BCUT2D eigenvalue weighted by Gasteiger charge is -2.27. The summed E-state index contributed by atoms with van der Waals surface area (Å²) in [5, 5.41) is 8.72. The number of hydrogen-bond donors (Lipinski definition) is 1. The predicted octanol–water partition coefficient (Wildman–Crippen LogP) is 6.87. The molecule has 0 spiro atoms. The van der Waals surface area contributed by atoms with Crippen LogP contribution in [0.3, 0.4) is 0 Å². The summed E-state index contributed by atoms with van der Waals surface area (Å²) >= 11 is 0. The number of rotatable bonds is 14. The van der Waals surface area contributed by atoms with Crippen molar-refractivity contribution >= 4 is 11.6 Å². The Balaban J connectivity index is 1.93. The van der Waals surface area contributed by atoms with E-state index in [-0.39, 0.29) is 54.0 Å². The van der Waals surface area contributed by atoms with E-state index < -0.39 is 5.82 Å². The molecule has 40 heavy (non-hydrogen) atoms. The van der Waals surface area contributed by atoms with Gasteiger partial charge in [-0.3, -0.25) is 10.2 Å². The van der Waals surface area contributed by atoms with Gasteiger partial charge in [0, 0.05) is 30.9 Å². The molecule has 0 bridgehead atoms. The minimum absolute atomic E-state index is 0.00699. The SMILES string of the molecule is CCCOCCC(C)c1cc(C(=O)CN2Cc3cc(OCC)c(OCC)c(F)c3C2=N)cc(C(C)(C)C)c1OC. The average molecular weight is 557 g/mol. The summed E-state index contributed by atoms with van der Waals surface area (Å²) in [5.74, 6) is 0.428. The molecule has 8 heteroatoms. The Morgan fingerprint density at radius 1 is 1.07 bits per heavy atom. The number of halogens is 1. The van der Waals surface area contributed by atoms with Crippen LogP contribution in [0.4, 0.5) is 4.39 Å². The summed E-state index contributed by atoms with van der Waals surface area (Å²) in [5.41, 5.74) is 2.97. The second kappa shape index (κ2) is 13.5. The van der Waals surface area contributed by atoms with E-state index in [4.69, 9.17) is 24.4 Å². The van der Waals surface area contributed by atoms with E-state index in [9.17, 15) is 4.79 Å². The molecule has 0 radical (unpaired) electrons. The molecule has 1 unspecified atom stereocenters. The minimum Gasteiger partial charge on any atom is -0.496 e. The first kappa shape index (κ1) is 31.4. The molecule has 2 aromatic carbocycles. The summed E-state index contributed by atoms with van der Waals surface area (Å²) < 4.78 is 38.3. The number of hydrogen-bond acceptors (Lipinski definition) is 6. The van der Waals surface area contributed by atoms with Gasteiger partial charge in [0.15, 0.2) is 23.1 Å². The summed E-state index contributed by atoms with van der Waals surface area (Å²) in [6.45, 7) is 16.2. The van der Waals surface area contributed by atoms with E-state index in [0.717, 1.165) is 36.3 Å². The fraction of sp³-hybridized carbons (Fsp3) is 0.562. The highest BCUT2D eigenvalue weighted by atomic mass is 19.1. The van der Waals surface area contributed by atoms with Crippen LogP contribution in [0.1, 0.15) is 99.8 Å². The van der Waals surface area contributed by atoms with E-state index in [1.54, 1.807) is 25.0 Å². The number of fused-ring (bicyclic) bond motifs is 1. The molecule has 1 heterocycles. The highest BCUT2D eigenvalue weighted by Crippen LogP contribution is 2.41. The van der Waals surface area contributed by atoms with Crippen molar-refractivity contribution in [3.63, 3.8) is 0 Å². The van der Waals surface area contributed by atoms with Gasteiger partial charge < -0.3 is 23.8 Å². The summed E-state index contributed by atoms with van der Waals surface area (Å²) in [4.78, 5) is 15.3. The minimum atomic E-state index is -0.622. The van der Waals surface area contributed by atoms with Crippen molar-refractivity contribution < 1.29 is 28.1 Å². The fourth-order valence-corrected chi connectivity index (χ4v) is 5.05. The van der Waals surface area contributed by atoms with Gasteiger partial charge in [0.25, 0.3) is 0 Å². The number of carbonyl (C=O) groups is 1. The molecular formula is C32H45FN2O5. The number of benzene rings is 2. The lowest BCUT2D eigenvalue weighted by Crippen LogP contribution is -2.31. The molecule has 1 atom stereocenters. The van der Waals surface area contributed by atoms with Crippen LogP contribution in [0, 0.1) is 11.2 Å². The lowest BCUT2D eigenvalue weighted by molar-refractivity contribution is 0.0962. The van der Waals surface area contributed by atoms with Crippen molar-refractivity contribution in [2.45, 2.75) is 79.2 Å². The first-order chi connectivity index (χ1) is 19.0. The van der Waals surface area contributed by atoms with Crippen LogP contribution in [0.25, 0.3) is 0 Å². The van der Waals surface area contributed by atoms with Gasteiger partial charge in [0.2, 0.25) is 0 Å². The van der Waals surface area contributed by atoms with Gasteiger partial charge in [0.1, 0.15) is 11.6 Å². The third kappa shape index (κ3) is 6.77. The highest BCUT2D eigenvalue weighted by Gasteiger charge is 2.34. The number of nitrogens with one attached hydrogen (secondary N) is 1. The molecule has 0 amide bonds. The Morgan fingerprint density at radius 3 is 2.38 bits per heavy atom. The van der Waals surface area contributed by atoms with E-state index in [2.05, 4.69) is 34.6 Å². The Labute approximate surface area is 238 Å². The molecule has 0 aromatic heterocycles. The summed E-state index contributed by atoms with van der Waals surface area (Å²) in [6, 6.07) is 5.53. The number of ketones is 1. The van der Waals surface area contributed by atoms with Gasteiger partial charge in [-0.25, -0.2) is 4.39 Å². The highest BCUT2D eigenvalue weighted by molar-refractivity contribution is 6.06. The maximum Gasteiger partial charge on any atom is 0.197 e. The molecule has 1 aliphatic heterocycles. The van der Waals surface area contributed by atoms with Crippen LogP contribution in [0.5, 0.6) is 17.2 Å². The zero-order valence-electron chi connectivity index (χ0n) is 25.3. The normalized spacial score (nSPS) is 13.8. The monoisotopic (exact) mass is 556 g/mol. The van der Waals surface area contributed by atoms with Crippen molar-refractivity contribution in [1.29, 1.82) is 5.41 Å². The molecule has 220 valence electrons. The van der Waals surface area contributed by atoms with Crippen molar-refractivity contribution in [3.05, 3.63) is 51.8 Å². The van der Waals surface area contributed by atoms with Gasteiger partial charge >= 0.3 is 0 Å². The number of carbonyl (C=O) groups excluding carboxylic acids is 1. The van der Waals surface area contributed by atoms with Gasteiger partial charge in [0.05, 0.1) is 32.4 Å². The molecule has 0 fully saturated rings. The summed E-state index contributed by atoms with van der Waals surface area (Å²) in [7, 11) is 1.67. The Kier molecular flexibility index (Phi) is 10.6. The van der Waals surface area contributed by atoms with Crippen molar-refractivity contribution in [2.75, 3.05) is 40.1 Å². The number of amidine groups is 1. The van der Waals surface area contributed by atoms with Gasteiger partial charge in [-0.2, -0.15) is 0 Å². The Morgan fingerprint density at radius 2 is 1.77 bits per heavy atom. The smallest absolute Gasteiger partial charge is 0.197 e. The van der Waals surface area contributed by atoms with Crippen LogP contribution >= 0.6 is 0 Å². The third-order valence-electron chi connectivity index (χ3n) is 7.13. The maximum absolute atomic E-state index is 15.5. The number of methoxy groups -OCH3 is 1. The summed E-state index contributed by atoms with van der Waals surface area (Å²) in [6.07, 6.45) is 1.77. The zero-order valence-corrected chi connectivity index (χ0v) is 25.3. The number of Topliss-reactive ketones (excluding diaryl/α,β-unsaturated/α-hetero) is 1. The lowest BCUT2D eigenvalue weighted by atomic mass is 9.81. The van der Waals surface area contributed by atoms with Gasteiger partial charge in [-0.05, 0) is 67.3 Å². The van der Waals surface area contributed by atoms with Crippen LogP contribution < -0.4 is 14.2 Å². The Bertz CT molecular complexity index is 1220. The standard InChI is InChI=1S/C32H45FN2O5/c1-9-13-38-14-12-20(4)23-15-21(16-24(29(23)37-8)32(5,6)7)25(36)19-35-18-22-17-26(39-10-2)30(40-11-3)28(33)27(22)31(35)34/h15-17,20,34H,9-14,18-19H2,1-8H3. The first-order valence-electron chi connectivity index (χ1n) is 14.3. The first-order valence-corrected chi connectivity index (χ1v) is 14.3. The molecule has 7 nitrogen and oxygen atoms in total. The number of ether oxygens (including phenoxy) is 4. The predicted molar refractivity (Wildman–Crippen MR) is 156 cm³/mol. The molecule has 0 saturated heterocycles. The van der Waals surface area contributed by atoms with E-state index >= 15 is 4.39 Å². The van der Waals surface area contributed by atoms with Crippen LogP contribution in [-0.4, -0.2) is 56.6 Å². The van der Waals surface area contributed by atoms with E-state index in [0.29, 0.717) is 30.1 Å². The van der Waals surface area contributed by atoms with Gasteiger partial charge in [-0.1, -0.05) is 34.6 Å². The largest absolute Gasteiger partial charge is 0.496 e. The molecular weight excluding hydrogens is 511 g/mol. The molecule has 2 aromatic rings. The molecule has 1 aliphatic rings. The van der Waals surface area contributed by atoms with Crippen LogP contribution in [-0.2, 0) is 16.7 Å². The van der Waals surface area contributed by atoms with E-state index in [1.807, 2.05) is 19.1 Å². The quantitative estimate of drug-likeness (QED) is 0.202. The fourth-order valence-electron chi connectivity index (χ4n) is 5.05. The Hall–Kier alpha value is -3.13. The van der Waals surface area contributed by atoms with Crippen molar-refractivity contribution in [1.82, 2.24) is 4.90 Å². The second-order valence-corrected chi connectivity index (χ2v) is 11.2. The zero-order chi connectivity index (χ0) is 29.6. The average Bonchev–Trinajstić information content (AvgIpc) is 3.22.